The van der Waals surface area contributed by atoms with Gasteiger partial charge in [0, 0.05) is 12.1 Å². The van der Waals surface area contributed by atoms with E-state index in [4.69, 9.17) is 9.47 Å². The predicted molar refractivity (Wildman–Crippen MR) is 122 cm³/mol. The first-order chi connectivity index (χ1) is 15.0. The second-order valence-corrected chi connectivity index (χ2v) is 7.26. The molecule has 1 N–H and O–H groups in total. The Labute approximate surface area is 187 Å². The Morgan fingerprint density at radius 2 is 1.84 bits per heavy atom. The Hall–Kier alpha value is -3.65. The van der Waals surface area contributed by atoms with Crippen molar-refractivity contribution in [3.8, 4) is 11.5 Å². The molecule has 3 rings (SSSR count). The van der Waals surface area contributed by atoms with Crippen LogP contribution in [-0.4, -0.2) is 17.9 Å². The zero-order chi connectivity index (χ0) is 22.2. The van der Waals surface area contributed by atoms with Crippen molar-refractivity contribution in [2.45, 2.75) is 6.61 Å². The molecule has 0 fully saturated rings. The van der Waals surface area contributed by atoms with E-state index in [0.29, 0.717) is 28.1 Å². The summed E-state index contributed by atoms with van der Waals surface area (Å²) in [6.45, 7) is 0.378. The second kappa shape index (κ2) is 10.4. The van der Waals surface area contributed by atoms with E-state index in [2.05, 4.69) is 21.2 Å². The monoisotopic (exact) mass is 482 g/mol. The van der Waals surface area contributed by atoms with Gasteiger partial charge in [-0.05, 0) is 51.3 Å². The average Bonchev–Trinajstić information content (AvgIpc) is 2.77. The van der Waals surface area contributed by atoms with Crippen LogP contribution in [0.3, 0.4) is 0 Å². The zero-order valence-electron chi connectivity index (χ0n) is 16.6. The third kappa shape index (κ3) is 5.93. The standard InChI is InChI=1S/C23H19BrN2O5/c1-30-21-14-17(13-18(24)23(21)31-15-16-7-3-2-4-8-16)11-12-22(27)25-19-9-5-6-10-20(19)26(28)29/h2-14H,15H2,1H3,(H,25,27). The SMILES string of the molecule is COc1cc(C=CC(=O)Nc2ccccc2[N+](=O)[O-])cc(Br)c1OCc1ccccc1. The van der Waals surface area contributed by atoms with Crippen molar-refractivity contribution in [3.63, 3.8) is 0 Å². The van der Waals surface area contributed by atoms with Crippen molar-refractivity contribution in [2.24, 2.45) is 0 Å². The molecule has 0 aliphatic heterocycles. The molecule has 8 heteroatoms. The van der Waals surface area contributed by atoms with Gasteiger partial charge >= 0.3 is 0 Å². The van der Waals surface area contributed by atoms with Crippen LogP contribution in [0.5, 0.6) is 11.5 Å². The molecule has 0 radical (unpaired) electrons. The summed E-state index contributed by atoms with van der Waals surface area (Å²) in [5, 5.41) is 13.6. The minimum Gasteiger partial charge on any atom is -0.493 e. The van der Waals surface area contributed by atoms with Gasteiger partial charge in [-0.25, -0.2) is 0 Å². The fourth-order valence-electron chi connectivity index (χ4n) is 2.79. The van der Waals surface area contributed by atoms with Crippen LogP contribution in [0.2, 0.25) is 0 Å². The van der Waals surface area contributed by atoms with Gasteiger partial charge in [0.25, 0.3) is 5.69 Å². The Balaban J connectivity index is 1.73. The number of halogens is 1. The summed E-state index contributed by atoms with van der Waals surface area (Å²) in [6, 6.07) is 19.2. The van der Waals surface area contributed by atoms with Crippen molar-refractivity contribution in [1.29, 1.82) is 0 Å². The second-order valence-electron chi connectivity index (χ2n) is 6.41. The molecule has 158 valence electrons. The molecule has 0 unspecified atom stereocenters. The number of hydrogen-bond acceptors (Lipinski definition) is 5. The summed E-state index contributed by atoms with van der Waals surface area (Å²) in [5.74, 6) is 0.561. The van der Waals surface area contributed by atoms with Gasteiger partial charge in [0.05, 0.1) is 16.5 Å². The summed E-state index contributed by atoms with van der Waals surface area (Å²) in [6.07, 6.45) is 2.88. The van der Waals surface area contributed by atoms with Crippen molar-refractivity contribution in [2.75, 3.05) is 12.4 Å². The number of nitrogens with zero attached hydrogens (tertiary/aromatic N) is 1. The van der Waals surface area contributed by atoms with Gasteiger partial charge in [-0.15, -0.1) is 0 Å². The largest absolute Gasteiger partial charge is 0.493 e. The molecule has 0 aromatic heterocycles. The van der Waals surface area contributed by atoms with Gasteiger partial charge < -0.3 is 14.8 Å². The highest BCUT2D eigenvalue weighted by atomic mass is 79.9. The minimum absolute atomic E-state index is 0.130. The number of carbonyl (C=O) groups excluding carboxylic acids is 1. The number of methoxy groups -OCH3 is 1. The number of amides is 1. The smallest absolute Gasteiger partial charge is 0.292 e. The molecule has 7 nitrogen and oxygen atoms in total. The number of hydrogen-bond donors (Lipinski definition) is 1. The van der Waals surface area contributed by atoms with Crippen LogP contribution in [0.1, 0.15) is 11.1 Å². The van der Waals surface area contributed by atoms with E-state index in [-0.39, 0.29) is 11.4 Å². The van der Waals surface area contributed by atoms with Gasteiger partial charge in [-0.3, -0.25) is 14.9 Å². The van der Waals surface area contributed by atoms with E-state index in [1.54, 1.807) is 24.3 Å². The molecule has 31 heavy (non-hydrogen) atoms. The molecule has 0 aliphatic rings. The van der Waals surface area contributed by atoms with E-state index in [1.807, 2.05) is 30.3 Å². The lowest BCUT2D eigenvalue weighted by Crippen LogP contribution is -2.09. The highest BCUT2D eigenvalue weighted by Crippen LogP contribution is 2.37. The van der Waals surface area contributed by atoms with Crippen LogP contribution in [-0.2, 0) is 11.4 Å². The van der Waals surface area contributed by atoms with E-state index in [9.17, 15) is 14.9 Å². The fraction of sp³-hybridized carbons (Fsp3) is 0.0870. The molecule has 0 saturated heterocycles. The van der Waals surface area contributed by atoms with Crippen molar-refractivity contribution >= 4 is 39.3 Å². The lowest BCUT2D eigenvalue weighted by molar-refractivity contribution is -0.383. The van der Waals surface area contributed by atoms with E-state index >= 15 is 0 Å². The highest BCUT2D eigenvalue weighted by molar-refractivity contribution is 9.10. The maximum Gasteiger partial charge on any atom is 0.292 e. The molecule has 1 amide bonds. The molecule has 3 aromatic rings. The first kappa shape index (κ1) is 22.0. The van der Waals surface area contributed by atoms with Gasteiger partial charge in [0.1, 0.15) is 12.3 Å². The summed E-state index contributed by atoms with van der Waals surface area (Å²) >= 11 is 3.48. The number of rotatable bonds is 8. The summed E-state index contributed by atoms with van der Waals surface area (Å²) in [7, 11) is 1.53. The van der Waals surface area contributed by atoms with Crippen LogP contribution in [0.15, 0.2) is 77.3 Å². The fourth-order valence-corrected chi connectivity index (χ4v) is 3.36. The van der Waals surface area contributed by atoms with Gasteiger partial charge in [-0.2, -0.15) is 0 Å². The average molecular weight is 483 g/mol. The molecule has 0 atom stereocenters. The molecule has 0 bridgehead atoms. The summed E-state index contributed by atoms with van der Waals surface area (Å²) in [4.78, 5) is 22.8. The van der Waals surface area contributed by atoms with Crippen molar-refractivity contribution in [3.05, 3.63) is 98.5 Å². The van der Waals surface area contributed by atoms with Crippen molar-refractivity contribution in [1.82, 2.24) is 0 Å². The number of anilines is 1. The molecule has 0 saturated carbocycles. The quantitative estimate of drug-likeness (QED) is 0.256. The first-order valence-corrected chi connectivity index (χ1v) is 10.0. The number of carbonyl (C=O) groups is 1. The number of nitrogens with one attached hydrogen (secondary N) is 1. The molecule has 0 heterocycles. The van der Waals surface area contributed by atoms with Crippen LogP contribution >= 0.6 is 15.9 Å². The number of para-hydroxylation sites is 2. The van der Waals surface area contributed by atoms with Gasteiger partial charge in [0.2, 0.25) is 5.91 Å². The minimum atomic E-state index is -0.546. The molecule has 3 aromatic carbocycles. The van der Waals surface area contributed by atoms with Gasteiger partial charge in [-0.1, -0.05) is 42.5 Å². The molecular formula is C23H19BrN2O5. The van der Waals surface area contributed by atoms with Crippen molar-refractivity contribution < 1.29 is 19.2 Å². The number of nitro benzene ring substituents is 1. The Morgan fingerprint density at radius 1 is 1.13 bits per heavy atom. The van der Waals surface area contributed by atoms with Crippen LogP contribution in [0.25, 0.3) is 6.08 Å². The maximum absolute atomic E-state index is 12.2. The Bertz CT molecular complexity index is 1120. The Morgan fingerprint density at radius 3 is 2.55 bits per heavy atom. The zero-order valence-corrected chi connectivity index (χ0v) is 18.2. The highest BCUT2D eigenvalue weighted by Gasteiger charge is 2.14. The maximum atomic E-state index is 12.2. The normalized spacial score (nSPS) is 10.6. The predicted octanol–water partition coefficient (Wildman–Crippen LogP) is 5.60. The number of benzene rings is 3. The lowest BCUT2D eigenvalue weighted by atomic mass is 10.1. The van der Waals surface area contributed by atoms with Crippen LogP contribution in [0, 0.1) is 10.1 Å². The first-order valence-electron chi connectivity index (χ1n) is 9.24. The number of ether oxygens (including phenoxy) is 2. The van der Waals surface area contributed by atoms with E-state index in [0.717, 1.165) is 5.56 Å². The third-order valence-corrected chi connectivity index (χ3v) is 4.85. The van der Waals surface area contributed by atoms with Crippen LogP contribution < -0.4 is 14.8 Å². The third-order valence-electron chi connectivity index (χ3n) is 4.26. The van der Waals surface area contributed by atoms with E-state index < -0.39 is 10.8 Å². The lowest BCUT2D eigenvalue weighted by Gasteiger charge is -2.13. The molecule has 0 spiro atoms. The summed E-state index contributed by atoms with van der Waals surface area (Å²) in [5.41, 5.74) is 1.67. The molecular weight excluding hydrogens is 464 g/mol. The Kier molecular flexibility index (Phi) is 7.40. The van der Waals surface area contributed by atoms with E-state index in [1.165, 1.54) is 31.4 Å². The number of nitro groups is 1. The van der Waals surface area contributed by atoms with Crippen LogP contribution in [0.4, 0.5) is 11.4 Å². The van der Waals surface area contributed by atoms with Gasteiger partial charge in [0.15, 0.2) is 11.5 Å². The molecule has 0 aliphatic carbocycles. The topological polar surface area (TPSA) is 90.7 Å². The summed E-state index contributed by atoms with van der Waals surface area (Å²) < 4.78 is 12.0.